The average molecular weight is 495 g/mol. The van der Waals surface area contributed by atoms with Crippen molar-refractivity contribution in [3.63, 3.8) is 0 Å². The van der Waals surface area contributed by atoms with Gasteiger partial charge in [0.25, 0.3) is 17.1 Å². The summed E-state index contributed by atoms with van der Waals surface area (Å²) in [5, 5.41) is 6.97. The molecule has 1 saturated heterocycles. The monoisotopic (exact) mass is 494 g/mol. The number of nitrogens with zero attached hydrogens (tertiary/aromatic N) is 3. The summed E-state index contributed by atoms with van der Waals surface area (Å²) in [6.45, 7) is 3.95. The van der Waals surface area contributed by atoms with Gasteiger partial charge in [-0.1, -0.05) is 35.5 Å². The minimum absolute atomic E-state index is 0.0877. The van der Waals surface area contributed by atoms with Gasteiger partial charge in [-0.25, -0.2) is 4.98 Å². The van der Waals surface area contributed by atoms with E-state index in [1.165, 1.54) is 11.8 Å². The molecular weight excluding hydrogens is 472 g/mol. The van der Waals surface area contributed by atoms with Crippen molar-refractivity contribution in [3.05, 3.63) is 81.7 Å². The van der Waals surface area contributed by atoms with E-state index in [1.807, 2.05) is 44.2 Å². The fraction of sp³-hybridized carbons (Fsp3) is 0.208. The molecule has 0 aliphatic carbocycles. The smallest absolute Gasteiger partial charge is 0.293 e. The number of rotatable bonds is 8. The number of carbonyl (C=O) groups excluding carboxylic acids is 3. The van der Waals surface area contributed by atoms with E-state index in [0.29, 0.717) is 21.2 Å². The third kappa shape index (κ3) is 5.40. The number of aryl methyl sites for hydroxylation is 2. The highest BCUT2D eigenvalue weighted by molar-refractivity contribution is 8.18. The molecule has 174 valence electrons. The SMILES string of the molecule is Cc1noc(C)c1CSc1ncccc1C(=O)NCCN1C(=O)S/C(=C\c2ccccc2)C1=O. The number of aromatic nitrogens is 2. The van der Waals surface area contributed by atoms with Crippen molar-refractivity contribution in [1.29, 1.82) is 0 Å². The first-order valence-electron chi connectivity index (χ1n) is 10.5. The van der Waals surface area contributed by atoms with Gasteiger partial charge in [-0.2, -0.15) is 0 Å². The van der Waals surface area contributed by atoms with Crippen molar-refractivity contribution >= 4 is 46.7 Å². The predicted molar refractivity (Wildman–Crippen MR) is 131 cm³/mol. The van der Waals surface area contributed by atoms with Crippen LogP contribution in [0.5, 0.6) is 0 Å². The number of hydrogen-bond acceptors (Lipinski definition) is 8. The maximum atomic E-state index is 12.8. The molecule has 0 atom stereocenters. The molecule has 4 rings (SSSR count). The molecule has 3 amide bonds. The zero-order valence-electron chi connectivity index (χ0n) is 18.6. The second-order valence-corrected chi connectivity index (χ2v) is 9.40. The summed E-state index contributed by atoms with van der Waals surface area (Å²) in [6.07, 6.45) is 3.33. The Morgan fingerprint density at radius 3 is 2.71 bits per heavy atom. The normalized spacial score (nSPS) is 14.8. The van der Waals surface area contributed by atoms with Gasteiger partial charge in [0.1, 0.15) is 10.8 Å². The third-order valence-electron chi connectivity index (χ3n) is 5.14. The molecule has 3 heterocycles. The number of carbonyl (C=O) groups is 3. The highest BCUT2D eigenvalue weighted by atomic mass is 32.2. The van der Waals surface area contributed by atoms with E-state index >= 15 is 0 Å². The van der Waals surface area contributed by atoms with Crippen LogP contribution in [0.1, 0.15) is 32.9 Å². The summed E-state index contributed by atoms with van der Waals surface area (Å²) in [5.74, 6) is 0.639. The van der Waals surface area contributed by atoms with Crippen molar-refractivity contribution in [1.82, 2.24) is 20.4 Å². The number of thioether (sulfide) groups is 2. The van der Waals surface area contributed by atoms with Crippen LogP contribution in [0.15, 0.2) is 63.1 Å². The van der Waals surface area contributed by atoms with Crippen LogP contribution in [0.3, 0.4) is 0 Å². The fourth-order valence-electron chi connectivity index (χ4n) is 3.30. The summed E-state index contributed by atoms with van der Waals surface area (Å²) in [5.41, 5.74) is 3.06. The Kier molecular flexibility index (Phi) is 7.49. The van der Waals surface area contributed by atoms with Crippen LogP contribution < -0.4 is 5.32 Å². The van der Waals surface area contributed by atoms with E-state index in [0.717, 1.165) is 39.2 Å². The van der Waals surface area contributed by atoms with Gasteiger partial charge in [-0.05, 0) is 49.4 Å². The second kappa shape index (κ2) is 10.7. The Labute approximate surface area is 205 Å². The summed E-state index contributed by atoms with van der Waals surface area (Å²) in [4.78, 5) is 43.6. The van der Waals surface area contributed by atoms with E-state index in [4.69, 9.17) is 4.52 Å². The molecule has 34 heavy (non-hydrogen) atoms. The highest BCUT2D eigenvalue weighted by Crippen LogP contribution is 2.32. The van der Waals surface area contributed by atoms with Crippen molar-refractivity contribution in [2.45, 2.75) is 24.6 Å². The molecule has 2 aromatic heterocycles. The summed E-state index contributed by atoms with van der Waals surface area (Å²) in [6, 6.07) is 12.7. The maximum Gasteiger partial charge on any atom is 0.293 e. The lowest BCUT2D eigenvalue weighted by Gasteiger charge is -2.13. The van der Waals surface area contributed by atoms with Crippen LogP contribution in [-0.2, 0) is 10.5 Å². The highest BCUT2D eigenvalue weighted by Gasteiger charge is 2.34. The molecule has 0 radical (unpaired) electrons. The van der Waals surface area contributed by atoms with E-state index in [-0.39, 0.29) is 30.1 Å². The number of nitrogens with one attached hydrogen (secondary N) is 1. The summed E-state index contributed by atoms with van der Waals surface area (Å²) < 4.78 is 5.19. The molecule has 0 spiro atoms. The van der Waals surface area contributed by atoms with Crippen LogP contribution in [0.25, 0.3) is 6.08 Å². The Balaban J connectivity index is 1.35. The second-order valence-electron chi connectivity index (χ2n) is 7.45. The Morgan fingerprint density at radius 1 is 1.18 bits per heavy atom. The molecule has 1 N–H and O–H groups in total. The fourth-order valence-corrected chi connectivity index (χ4v) is 5.31. The van der Waals surface area contributed by atoms with Gasteiger partial charge in [0.15, 0.2) is 0 Å². The molecule has 0 bridgehead atoms. The number of imide groups is 1. The predicted octanol–water partition coefficient (Wildman–Crippen LogP) is 4.45. The van der Waals surface area contributed by atoms with E-state index in [2.05, 4.69) is 15.5 Å². The topological polar surface area (TPSA) is 105 Å². The largest absolute Gasteiger partial charge is 0.361 e. The van der Waals surface area contributed by atoms with Crippen LogP contribution in [0.2, 0.25) is 0 Å². The molecule has 0 saturated carbocycles. The molecule has 3 aromatic rings. The maximum absolute atomic E-state index is 12.8. The molecule has 10 heteroatoms. The first kappa shape index (κ1) is 23.8. The molecule has 1 fully saturated rings. The van der Waals surface area contributed by atoms with Crippen molar-refractivity contribution in [2.24, 2.45) is 0 Å². The lowest BCUT2D eigenvalue weighted by atomic mass is 10.2. The zero-order chi connectivity index (χ0) is 24.1. The summed E-state index contributed by atoms with van der Waals surface area (Å²) in [7, 11) is 0. The van der Waals surface area contributed by atoms with Gasteiger partial charge in [0.05, 0.1) is 16.2 Å². The number of amides is 3. The first-order chi connectivity index (χ1) is 16.4. The minimum atomic E-state index is -0.356. The van der Waals surface area contributed by atoms with Gasteiger partial charge in [-0.3, -0.25) is 19.3 Å². The van der Waals surface area contributed by atoms with Crippen LogP contribution in [-0.4, -0.2) is 45.2 Å². The lowest BCUT2D eigenvalue weighted by molar-refractivity contribution is -0.122. The van der Waals surface area contributed by atoms with Crippen molar-refractivity contribution in [3.8, 4) is 0 Å². The summed E-state index contributed by atoms with van der Waals surface area (Å²) >= 11 is 2.32. The Hall–Kier alpha value is -3.37. The molecular formula is C24H22N4O4S2. The Bertz CT molecular complexity index is 1240. The molecule has 0 unspecified atom stereocenters. The van der Waals surface area contributed by atoms with E-state index < -0.39 is 0 Å². The number of benzene rings is 1. The quantitative estimate of drug-likeness (QED) is 0.362. The van der Waals surface area contributed by atoms with Gasteiger partial charge in [0, 0.05) is 30.6 Å². The minimum Gasteiger partial charge on any atom is -0.361 e. The molecule has 1 aliphatic rings. The average Bonchev–Trinajstić information content (AvgIpc) is 3.30. The molecule has 1 aromatic carbocycles. The van der Waals surface area contributed by atoms with Gasteiger partial charge in [0.2, 0.25) is 0 Å². The van der Waals surface area contributed by atoms with Crippen LogP contribution in [0.4, 0.5) is 4.79 Å². The Morgan fingerprint density at radius 2 is 1.97 bits per heavy atom. The zero-order valence-corrected chi connectivity index (χ0v) is 20.2. The van der Waals surface area contributed by atoms with Crippen LogP contribution >= 0.6 is 23.5 Å². The first-order valence-corrected chi connectivity index (χ1v) is 12.3. The number of hydrogen-bond donors (Lipinski definition) is 1. The van der Waals surface area contributed by atoms with Crippen LogP contribution in [0, 0.1) is 13.8 Å². The standard InChI is InChI=1S/C24H22N4O4S2/c1-15-19(16(2)32-27-15)14-33-22-18(9-6-10-26-22)21(29)25-11-12-28-23(30)20(34-24(28)31)13-17-7-4-3-5-8-17/h3-10,13H,11-12,14H2,1-2H3,(H,25,29)/b20-13-. The molecule has 8 nitrogen and oxygen atoms in total. The van der Waals surface area contributed by atoms with Crippen molar-refractivity contribution < 1.29 is 18.9 Å². The van der Waals surface area contributed by atoms with Gasteiger partial charge >= 0.3 is 0 Å². The lowest BCUT2D eigenvalue weighted by Crippen LogP contribution is -2.37. The third-order valence-corrected chi connectivity index (χ3v) is 7.08. The molecule has 1 aliphatic heterocycles. The van der Waals surface area contributed by atoms with E-state index in [9.17, 15) is 14.4 Å². The number of pyridine rings is 1. The van der Waals surface area contributed by atoms with E-state index in [1.54, 1.807) is 24.4 Å². The van der Waals surface area contributed by atoms with Gasteiger partial charge < -0.3 is 9.84 Å². The van der Waals surface area contributed by atoms with Gasteiger partial charge in [-0.15, -0.1) is 11.8 Å². The van der Waals surface area contributed by atoms with Crippen molar-refractivity contribution in [2.75, 3.05) is 13.1 Å².